The number of aryl methyl sites for hydroxylation is 1. The lowest BCUT2D eigenvalue weighted by Crippen LogP contribution is -2.34. The number of pyridine rings is 1. The zero-order valence-corrected chi connectivity index (χ0v) is 16.8. The first kappa shape index (κ1) is 18.5. The maximum Gasteiger partial charge on any atom is 0.161 e. The molecule has 0 spiro atoms. The number of aromatic nitrogens is 6. The first-order valence-corrected chi connectivity index (χ1v) is 10.1. The summed E-state index contributed by atoms with van der Waals surface area (Å²) in [6, 6.07) is 6.44. The molecule has 0 bridgehead atoms. The van der Waals surface area contributed by atoms with E-state index in [0.29, 0.717) is 12.0 Å². The van der Waals surface area contributed by atoms with Crippen molar-refractivity contribution in [1.29, 1.82) is 0 Å². The number of anilines is 1. The first-order chi connectivity index (χ1) is 13.7. The van der Waals surface area contributed by atoms with Crippen LogP contribution in [-0.4, -0.2) is 42.8 Å². The Balaban J connectivity index is 1.54. The fraction of sp³-hybridized carbons (Fsp3) is 0.476. The van der Waals surface area contributed by atoms with E-state index < -0.39 is 0 Å². The van der Waals surface area contributed by atoms with Crippen LogP contribution >= 0.6 is 0 Å². The fourth-order valence-corrected chi connectivity index (χ4v) is 3.76. The van der Waals surface area contributed by atoms with E-state index in [-0.39, 0.29) is 0 Å². The fourth-order valence-electron chi connectivity index (χ4n) is 3.76. The summed E-state index contributed by atoms with van der Waals surface area (Å²) in [6.45, 7) is 8.41. The Hall–Kier alpha value is -2.83. The summed E-state index contributed by atoms with van der Waals surface area (Å²) in [7, 11) is 0. The molecule has 28 heavy (non-hydrogen) atoms. The Bertz CT molecular complexity index is 912. The molecule has 4 heterocycles. The molecule has 0 aromatic carbocycles. The molecule has 3 aromatic heterocycles. The monoisotopic (exact) mass is 377 g/mol. The molecule has 0 radical (unpaired) electrons. The van der Waals surface area contributed by atoms with E-state index in [1.807, 2.05) is 18.5 Å². The van der Waals surface area contributed by atoms with Gasteiger partial charge in [0.15, 0.2) is 5.82 Å². The standard InChI is InChI=1S/C21H27N7/c1-4-18-13-19(25-20(24-18)16-5-9-22-10-6-16)27-11-7-17(8-12-27)21-26-23-14-28(21)15(2)3/h5-6,9-10,13-15,17H,4,7-8,11-12H2,1-3H3. The molecule has 0 saturated carbocycles. The molecule has 0 atom stereocenters. The lowest BCUT2D eigenvalue weighted by Gasteiger charge is -2.33. The SMILES string of the molecule is CCc1cc(N2CCC(c3nncn3C(C)C)CC2)nc(-c2ccncc2)n1. The second kappa shape index (κ2) is 8.04. The Kier molecular flexibility index (Phi) is 5.32. The zero-order chi connectivity index (χ0) is 19.5. The van der Waals surface area contributed by atoms with Gasteiger partial charge in [0.2, 0.25) is 0 Å². The van der Waals surface area contributed by atoms with E-state index in [0.717, 1.165) is 61.1 Å². The summed E-state index contributed by atoms with van der Waals surface area (Å²) in [5, 5.41) is 8.54. The molecular formula is C21H27N7. The molecule has 1 fully saturated rings. The van der Waals surface area contributed by atoms with Crippen LogP contribution in [0.3, 0.4) is 0 Å². The van der Waals surface area contributed by atoms with E-state index in [4.69, 9.17) is 9.97 Å². The summed E-state index contributed by atoms with van der Waals surface area (Å²) in [5.41, 5.74) is 2.07. The molecule has 0 unspecified atom stereocenters. The van der Waals surface area contributed by atoms with Crippen LogP contribution in [0.2, 0.25) is 0 Å². The molecule has 7 heteroatoms. The highest BCUT2D eigenvalue weighted by molar-refractivity contribution is 5.57. The van der Waals surface area contributed by atoms with Crippen LogP contribution in [0.5, 0.6) is 0 Å². The highest BCUT2D eigenvalue weighted by Gasteiger charge is 2.26. The third kappa shape index (κ3) is 3.74. The molecule has 7 nitrogen and oxygen atoms in total. The van der Waals surface area contributed by atoms with Gasteiger partial charge in [-0.25, -0.2) is 9.97 Å². The highest BCUT2D eigenvalue weighted by Crippen LogP contribution is 2.30. The van der Waals surface area contributed by atoms with Crippen molar-refractivity contribution in [1.82, 2.24) is 29.7 Å². The molecule has 146 valence electrons. The summed E-state index contributed by atoms with van der Waals surface area (Å²) < 4.78 is 2.20. The number of nitrogens with zero attached hydrogens (tertiary/aromatic N) is 7. The van der Waals surface area contributed by atoms with Crippen molar-refractivity contribution in [2.45, 2.75) is 52.0 Å². The van der Waals surface area contributed by atoms with Gasteiger partial charge in [-0.05, 0) is 45.2 Å². The van der Waals surface area contributed by atoms with Crippen LogP contribution in [-0.2, 0) is 6.42 Å². The molecule has 0 aliphatic carbocycles. The molecule has 0 amide bonds. The van der Waals surface area contributed by atoms with Crippen molar-refractivity contribution in [3.63, 3.8) is 0 Å². The third-order valence-corrected chi connectivity index (χ3v) is 5.41. The molecule has 1 aliphatic heterocycles. The van der Waals surface area contributed by atoms with Crippen molar-refractivity contribution in [2.75, 3.05) is 18.0 Å². The highest BCUT2D eigenvalue weighted by atomic mass is 15.3. The van der Waals surface area contributed by atoms with Crippen molar-refractivity contribution < 1.29 is 0 Å². The largest absolute Gasteiger partial charge is 0.356 e. The molecule has 4 rings (SSSR count). The van der Waals surface area contributed by atoms with Crippen LogP contribution in [0.15, 0.2) is 36.9 Å². The van der Waals surface area contributed by atoms with Gasteiger partial charge in [-0.2, -0.15) is 0 Å². The van der Waals surface area contributed by atoms with E-state index in [1.165, 1.54) is 0 Å². The quantitative estimate of drug-likeness (QED) is 0.676. The number of hydrogen-bond donors (Lipinski definition) is 0. The van der Waals surface area contributed by atoms with Crippen LogP contribution in [0.4, 0.5) is 5.82 Å². The maximum atomic E-state index is 4.86. The zero-order valence-electron chi connectivity index (χ0n) is 16.8. The molecule has 1 aliphatic rings. The number of piperidine rings is 1. The van der Waals surface area contributed by atoms with Gasteiger partial charge < -0.3 is 9.47 Å². The van der Waals surface area contributed by atoms with Crippen molar-refractivity contribution in [3.8, 4) is 11.4 Å². The van der Waals surface area contributed by atoms with Gasteiger partial charge in [0.25, 0.3) is 0 Å². The summed E-state index contributed by atoms with van der Waals surface area (Å²) in [6.07, 6.45) is 8.43. The van der Waals surface area contributed by atoms with Crippen molar-refractivity contribution in [3.05, 3.63) is 48.4 Å². The predicted molar refractivity (Wildman–Crippen MR) is 109 cm³/mol. The van der Waals surface area contributed by atoms with Crippen LogP contribution in [0, 0.1) is 0 Å². The van der Waals surface area contributed by atoms with Gasteiger partial charge in [0.05, 0.1) is 0 Å². The lowest BCUT2D eigenvalue weighted by atomic mass is 9.95. The van der Waals surface area contributed by atoms with Crippen LogP contribution in [0.25, 0.3) is 11.4 Å². The van der Waals surface area contributed by atoms with Gasteiger partial charge in [0, 0.05) is 54.8 Å². The average molecular weight is 377 g/mol. The van der Waals surface area contributed by atoms with E-state index >= 15 is 0 Å². The van der Waals surface area contributed by atoms with E-state index in [2.05, 4.69) is 51.5 Å². The minimum Gasteiger partial charge on any atom is -0.356 e. The van der Waals surface area contributed by atoms with Gasteiger partial charge in [-0.1, -0.05) is 6.92 Å². The smallest absolute Gasteiger partial charge is 0.161 e. The van der Waals surface area contributed by atoms with Gasteiger partial charge in [0.1, 0.15) is 18.0 Å². The summed E-state index contributed by atoms with van der Waals surface area (Å²) in [4.78, 5) is 16.1. The second-order valence-corrected chi connectivity index (χ2v) is 7.58. The van der Waals surface area contributed by atoms with Crippen molar-refractivity contribution in [2.24, 2.45) is 0 Å². The lowest BCUT2D eigenvalue weighted by molar-refractivity contribution is 0.447. The normalized spacial score (nSPS) is 15.4. The molecule has 0 N–H and O–H groups in total. The van der Waals surface area contributed by atoms with E-state index in [1.54, 1.807) is 12.4 Å². The minimum absolute atomic E-state index is 0.389. The van der Waals surface area contributed by atoms with Gasteiger partial charge in [-0.3, -0.25) is 4.98 Å². The summed E-state index contributed by atoms with van der Waals surface area (Å²) in [5.74, 6) is 3.36. The average Bonchev–Trinajstić information content (AvgIpc) is 3.24. The Labute approximate surface area is 165 Å². The molecule has 3 aromatic rings. The maximum absolute atomic E-state index is 4.86. The Morgan fingerprint density at radius 3 is 2.54 bits per heavy atom. The number of hydrogen-bond acceptors (Lipinski definition) is 6. The van der Waals surface area contributed by atoms with Gasteiger partial charge in [-0.15, -0.1) is 10.2 Å². The minimum atomic E-state index is 0.389. The Morgan fingerprint density at radius 1 is 1.11 bits per heavy atom. The first-order valence-electron chi connectivity index (χ1n) is 10.1. The van der Waals surface area contributed by atoms with Crippen molar-refractivity contribution >= 4 is 5.82 Å². The predicted octanol–water partition coefficient (Wildman–Crippen LogP) is 3.66. The van der Waals surface area contributed by atoms with E-state index in [9.17, 15) is 0 Å². The second-order valence-electron chi connectivity index (χ2n) is 7.58. The molecule has 1 saturated heterocycles. The van der Waals surface area contributed by atoms with Gasteiger partial charge >= 0.3 is 0 Å². The van der Waals surface area contributed by atoms with Crippen LogP contribution in [0.1, 0.15) is 57.1 Å². The molecular weight excluding hydrogens is 350 g/mol. The third-order valence-electron chi connectivity index (χ3n) is 5.41. The topological polar surface area (TPSA) is 72.6 Å². The van der Waals surface area contributed by atoms with Crippen LogP contribution < -0.4 is 4.90 Å². The number of rotatable bonds is 5. The summed E-state index contributed by atoms with van der Waals surface area (Å²) >= 11 is 0. The Morgan fingerprint density at radius 2 is 1.86 bits per heavy atom.